The van der Waals surface area contributed by atoms with Gasteiger partial charge in [-0.15, -0.1) is 0 Å². The molecule has 2 atom stereocenters. The third-order valence-electron chi connectivity index (χ3n) is 6.08. The van der Waals surface area contributed by atoms with Crippen molar-refractivity contribution in [3.8, 4) is 6.07 Å². The minimum Gasteiger partial charge on any atom is -0.475 e. The molecule has 3 aromatic rings. The predicted octanol–water partition coefficient (Wildman–Crippen LogP) is 6.14. The number of aliphatic carboxylic acids is 1. The maximum atomic E-state index is 14.2. The number of furan rings is 1. The summed E-state index contributed by atoms with van der Waals surface area (Å²) in [7, 11) is 0. The highest BCUT2D eigenvalue weighted by atomic mass is 19.4. The monoisotopic (exact) mass is 575 g/mol. The molecule has 14 heteroatoms. The first-order valence-corrected chi connectivity index (χ1v) is 11.9. The third kappa shape index (κ3) is 7.41. The number of benzene rings is 2. The van der Waals surface area contributed by atoms with Crippen molar-refractivity contribution >= 4 is 33.8 Å². The van der Waals surface area contributed by atoms with Crippen molar-refractivity contribution < 1.29 is 49.8 Å². The van der Waals surface area contributed by atoms with E-state index in [1.54, 1.807) is 0 Å². The standard InChI is InChI=1S/C24H23F4N3O2.C2HF3O2/c1-13(2)9-18(22(32)31-23(12-29)7-8-23)30-21(24(26,27)28)14-3-6-19-17(10-14)16-5-4-15(25)11-20(16)33-19;3-2(4,5)1(6)7/h3-6,10-11,13,18,21,30H,7-9H2,1-2H3,(H,31,32);(H,6,7)/t18-,21-;/m0./s1. The molecule has 3 N–H and O–H groups in total. The number of hydrogen-bond acceptors (Lipinski definition) is 5. The number of nitriles is 1. The number of amides is 1. The first-order chi connectivity index (χ1) is 18.5. The van der Waals surface area contributed by atoms with Crippen LogP contribution in [0.5, 0.6) is 0 Å². The van der Waals surface area contributed by atoms with Crippen LogP contribution in [0.15, 0.2) is 40.8 Å². The van der Waals surface area contributed by atoms with E-state index in [1.165, 1.54) is 36.4 Å². The van der Waals surface area contributed by atoms with Crippen molar-refractivity contribution in [1.29, 1.82) is 5.26 Å². The van der Waals surface area contributed by atoms with Gasteiger partial charge in [0.15, 0.2) is 0 Å². The Balaban J connectivity index is 0.000000559. The molecule has 7 nitrogen and oxygen atoms in total. The Bertz CT molecular complexity index is 1440. The summed E-state index contributed by atoms with van der Waals surface area (Å²) in [5.74, 6) is -3.95. The van der Waals surface area contributed by atoms with Gasteiger partial charge in [0.1, 0.15) is 28.6 Å². The van der Waals surface area contributed by atoms with E-state index in [-0.39, 0.29) is 23.5 Å². The molecule has 40 heavy (non-hydrogen) atoms. The maximum Gasteiger partial charge on any atom is 0.490 e. The van der Waals surface area contributed by atoms with E-state index >= 15 is 0 Å². The fourth-order valence-electron chi connectivity index (χ4n) is 3.96. The lowest BCUT2D eigenvalue weighted by Crippen LogP contribution is -2.52. The Morgan fingerprint density at radius 1 is 1.05 bits per heavy atom. The molecule has 1 amide bonds. The Hall–Kier alpha value is -3.86. The molecule has 0 saturated heterocycles. The minimum atomic E-state index is -5.08. The SMILES string of the molecule is CC(C)C[C@H](N[C@@H](c1ccc2oc3cc(F)ccc3c2c1)C(F)(F)F)C(=O)NC1(C#N)CC1.O=C(O)C(F)(F)F. The molecule has 1 heterocycles. The second-order valence-electron chi connectivity index (χ2n) is 9.81. The van der Waals surface area contributed by atoms with Gasteiger partial charge in [-0.25, -0.2) is 9.18 Å². The van der Waals surface area contributed by atoms with Gasteiger partial charge < -0.3 is 14.8 Å². The number of nitrogens with one attached hydrogen (secondary N) is 2. The highest BCUT2D eigenvalue weighted by Gasteiger charge is 2.47. The van der Waals surface area contributed by atoms with Gasteiger partial charge in [-0.2, -0.15) is 31.6 Å². The lowest BCUT2D eigenvalue weighted by Gasteiger charge is -2.29. The smallest absolute Gasteiger partial charge is 0.475 e. The summed E-state index contributed by atoms with van der Waals surface area (Å²) < 4.78 is 93.3. The Morgan fingerprint density at radius 3 is 2.17 bits per heavy atom. The number of carbonyl (C=O) groups is 2. The van der Waals surface area contributed by atoms with Crippen molar-refractivity contribution in [2.45, 2.75) is 63.1 Å². The van der Waals surface area contributed by atoms with Gasteiger partial charge in [0, 0.05) is 16.8 Å². The Kier molecular flexibility index (Phi) is 8.69. The number of carboxylic acids is 1. The molecular formula is C26H24F7N3O4. The summed E-state index contributed by atoms with van der Waals surface area (Å²) in [6.45, 7) is 3.62. The summed E-state index contributed by atoms with van der Waals surface area (Å²) >= 11 is 0. The number of halogens is 7. The summed E-state index contributed by atoms with van der Waals surface area (Å²) in [5.41, 5.74) is -0.501. The summed E-state index contributed by atoms with van der Waals surface area (Å²) in [4.78, 5) is 21.7. The van der Waals surface area contributed by atoms with Crippen LogP contribution >= 0.6 is 0 Å². The Morgan fingerprint density at radius 2 is 1.68 bits per heavy atom. The molecule has 1 aliphatic carbocycles. The van der Waals surface area contributed by atoms with Gasteiger partial charge in [-0.1, -0.05) is 19.9 Å². The molecule has 1 saturated carbocycles. The second-order valence-corrected chi connectivity index (χ2v) is 9.81. The zero-order valence-electron chi connectivity index (χ0n) is 21.1. The van der Waals surface area contributed by atoms with E-state index in [0.29, 0.717) is 29.2 Å². The number of rotatable bonds is 7. The van der Waals surface area contributed by atoms with Crippen molar-refractivity contribution in [3.63, 3.8) is 0 Å². The molecule has 2 aromatic carbocycles. The van der Waals surface area contributed by atoms with E-state index in [2.05, 4.69) is 10.6 Å². The fraction of sp³-hybridized carbons (Fsp3) is 0.423. The number of fused-ring (bicyclic) bond motifs is 3. The van der Waals surface area contributed by atoms with Crippen LogP contribution in [0.25, 0.3) is 21.9 Å². The lowest BCUT2D eigenvalue weighted by molar-refractivity contribution is -0.192. The van der Waals surface area contributed by atoms with Gasteiger partial charge in [-0.3, -0.25) is 10.1 Å². The molecule has 216 valence electrons. The molecule has 1 aliphatic rings. The average molecular weight is 575 g/mol. The zero-order chi connectivity index (χ0) is 30.0. The van der Waals surface area contributed by atoms with E-state index in [0.717, 1.165) is 0 Å². The first-order valence-electron chi connectivity index (χ1n) is 11.9. The van der Waals surface area contributed by atoms with E-state index < -0.39 is 47.7 Å². The molecule has 4 rings (SSSR count). The van der Waals surface area contributed by atoms with Gasteiger partial charge in [0.2, 0.25) is 5.91 Å². The van der Waals surface area contributed by atoms with Gasteiger partial charge in [-0.05, 0) is 55.0 Å². The van der Waals surface area contributed by atoms with Crippen LogP contribution in [-0.4, -0.2) is 40.9 Å². The number of alkyl halides is 6. The molecule has 0 bridgehead atoms. The molecular weight excluding hydrogens is 551 g/mol. The predicted molar refractivity (Wildman–Crippen MR) is 128 cm³/mol. The fourth-order valence-corrected chi connectivity index (χ4v) is 3.96. The lowest BCUT2D eigenvalue weighted by atomic mass is 9.98. The summed E-state index contributed by atoms with van der Waals surface area (Å²) in [6.07, 6.45) is -8.65. The molecule has 0 unspecified atom stereocenters. The average Bonchev–Trinajstić information content (AvgIpc) is 3.52. The molecule has 1 fully saturated rings. The molecule has 0 aliphatic heterocycles. The van der Waals surface area contributed by atoms with E-state index in [4.69, 9.17) is 14.3 Å². The maximum absolute atomic E-state index is 14.2. The van der Waals surface area contributed by atoms with Crippen LogP contribution in [0, 0.1) is 23.1 Å². The number of nitrogens with zero attached hydrogens (tertiary/aromatic N) is 1. The van der Waals surface area contributed by atoms with Crippen molar-refractivity contribution in [3.05, 3.63) is 47.8 Å². The zero-order valence-corrected chi connectivity index (χ0v) is 21.1. The highest BCUT2D eigenvalue weighted by Crippen LogP contribution is 2.38. The van der Waals surface area contributed by atoms with Crippen molar-refractivity contribution in [2.75, 3.05) is 0 Å². The second kappa shape index (κ2) is 11.3. The van der Waals surface area contributed by atoms with Gasteiger partial charge >= 0.3 is 18.3 Å². The van der Waals surface area contributed by atoms with Crippen molar-refractivity contribution in [2.24, 2.45) is 5.92 Å². The van der Waals surface area contributed by atoms with Crippen LogP contribution in [0.1, 0.15) is 44.7 Å². The number of hydrogen-bond donors (Lipinski definition) is 3. The van der Waals surface area contributed by atoms with Crippen LogP contribution in [0.4, 0.5) is 30.7 Å². The molecule has 1 aromatic heterocycles. The van der Waals surface area contributed by atoms with Gasteiger partial charge in [0.25, 0.3) is 0 Å². The summed E-state index contributed by atoms with van der Waals surface area (Å²) in [5, 5.41) is 22.4. The van der Waals surface area contributed by atoms with E-state index in [9.17, 15) is 40.8 Å². The minimum absolute atomic E-state index is 0.0606. The number of carbonyl (C=O) groups excluding carboxylic acids is 1. The Labute approximate surface area is 222 Å². The van der Waals surface area contributed by atoms with Crippen LogP contribution in [0.3, 0.4) is 0 Å². The molecule has 0 spiro atoms. The highest BCUT2D eigenvalue weighted by molar-refractivity contribution is 6.05. The van der Waals surface area contributed by atoms with Crippen LogP contribution < -0.4 is 10.6 Å². The van der Waals surface area contributed by atoms with Gasteiger partial charge in [0.05, 0.1) is 12.1 Å². The topological polar surface area (TPSA) is 115 Å². The van der Waals surface area contributed by atoms with Crippen LogP contribution in [-0.2, 0) is 9.59 Å². The number of carboxylic acid groups (broad SMARTS) is 1. The largest absolute Gasteiger partial charge is 0.490 e. The molecule has 0 radical (unpaired) electrons. The quantitative estimate of drug-likeness (QED) is 0.292. The normalized spacial score (nSPS) is 16.1. The third-order valence-corrected chi connectivity index (χ3v) is 6.08. The van der Waals surface area contributed by atoms with E-state index in [1.807, 2.05) is 19.9 Å². The first kappa shape index (κ1) is 30.7. The van der Waals surface area contributed by atoms with Crippen molar-refractivity contribution in [1.82, 2.24) is 10.6 Å². The van der Waals surface area contributed by atoms with Crippen LogP contribution in [0.2, 0.25) is 0 Å². The summed E-state index contributed by atoms with van der Waals surface area (Å²) in [6, 6.07) is 6.67.